The predicted octanol–water partition coefficient (Wildman–Crippen LogP) is 2.82. The Morgan fingerprint density at radius 3 is 2.52 bits per heavy atom. The molecule has 0 aliphatic carbocycles. The van der Waals surface area contributed by atoms with Gasteiger partial charge in [0, 0.05) is 25.3 Å². The molecule has 0 heterocycles. The number of halogens is 1. The molecule has 0 aromatic heterocycles. The minimum atomic E-state index is -3.76. The Bertz CT molecular complexity index is 1040. The number of hydrogen-bond donors (Lipinski definition) is 2. The van der Waals surface area contributed by atoms with E-state index in [0.29, 0.717) is 24.6 Å². The Labute approximate surface area is 187 Å². The van der Waals surface area contributed by atoms with Crippen molar-refractivity contribution in [3.05, 3.63) is 58.6 Å². The van der Waals surface area contributed by atoms with Gasteiger partial charge in [0.15, 0.2) is 0 Å². The van der Waals surface area contributed by atoms with Gasteiger partial charge >= 0.3 is 0 Å². The van der Waals surface area contributed by atoms with Crippen LogP contribution in [0, 0.1) is 6.92 Å². The number of carbonyl (C=O) groups is 2. The molecule has 2 rings (SSSR count). The van der Waals surface area contributed by atoms with E-state index >= 15 is 0 Å². The van der Waals surface area contributed by atoms with Crippen molar-refractivity contribution in [2.45, 2.75) is 13.3 Å². The number of methoxy groups -OCH3 is 1. The third kappa shape index (κ3) is 7.23. The van der Waals surface area contributed by atoms with Gasteiger partial charge in [-0.05, 0) is 43.2 Å². The highest BCUT2D eigenvalue weighted by molar-refractivity contribution is 7.92. The number of ether oxygens (including phenoxy) is 1. The van der Waals surface area contributed by atoms with Crippen LogP contribution in [0.3, 0.4) is 0 Å². The third-order valence-electron chi connectivity index (χ3n) is 4.39. The minimum Gasteiger partial charge on any atom is -0.385 e. The van der Waals surface area contributed by atoms with E-state index < -0.39 is 22.5 Å². The highest BCUT2D eigenvalue weighted by Crippen LogP contribution is 2.25. The number of anilines is 2. The number of hydrogen-bond acceptors (Lipinski definition) is 5. The minimum absolute atomic E-state index is 0.275. The zero-order chi connectivity index (χ0) is 23.0. The summed E-state index contributed by atoms with van der Waals surface area (Å²) in [4.78, 5) is 25.1. The fraction of sp³-hybridized carbons (Fsp3) is 0.333. The first-order chi connectivity index (χ1) is 14.6. The molecule has 0 aliphatic heterocycles. The average Bonchev–Trinajstić information content (AvgIpc) is 2.71. The summed E-state index contributed by atoms with van der Waals surface area (Å²) in [5.41, 5.74) is 1.62. The molecule has 2 amide bonds. The van der Waals surface area contributed by atoms with Gasteiger partial charge < -0.3 is 15.4 Å². The maximum Gasteiger partial charge on any atom is 0.253 e. The van der Waals surface area contributed by atoms with Crippen molar-refractivity contribution in [3.63, 3.8) is 0 Å². The molecule has 0 aliphatic rings. The molecule has 168 valence electrons. The van der Waals surface area contributed by atoms with Gasteiger partial charge in [0.2, 0.25) is 15.9 Å². The third-order valence-corrected chi connectivity index (χ3v) is 5.94. The van der Waals surface area contributed by atoms with E-state index in [0.717, 1.165) is 16.1 Å². The number of benzene rings is 2. The fourth-order valence-electron chi connectivity index (χ4n) is 2.76. The number of nitrogens with zero attached hydrogens (tertiary/aromatic N) is 1. The lowest BCUT2D eigenvalue weighted by Gasteiger charge is -2.22. The lowest BCUT2D eigenvalue weighted by molar-refractivity contribution is -0.114. The number of rotatable bonds is 10. The Hall–Kier alpha value is -2.62. The molecule has 8 nitrogen and oxygen atoms in total. The van der Waals surface area contributed by atoms with E-state index in [1.54, 1.807) is 50.4 Å². The van der Waals surface area contributed by atoms with Crippen molar-refractivity contribution in [1.29, 1.82) is 0 Å². The van der Waals surface area contributed by atoms with Crippen LogP contribution < -0.4 is 14.9 Å². The Kier molecular flexibility index (Phi) is 8.85. The number of carbonyl (C=O) groups excluding carboxylic acids is 2. The molecule has 2 N–H and O–H groups in total. The smallest absolute Gasteiger partial charge is 0.253 e. The second kappa shape index (κ2) is 11.1. The van der Waals surface area contributed by atoms with Gasteiger partial charge in [-0.1, -0.05) is 29.8 Å². The molecular formula is C21H26ClN3O5S. The Morgan fingerprint density at radius 2 is 1.87 bits per heavy atom. The SMILES string of the molecule is COCCCNC(=O)c1ccccc1NC(=O)CN(c1ccc(C)c(Cl)c1)S(C)(=O)=O. The summed E-state index contributed by atoms with van der Waals surface area (Å²) in [7, 11) is -2.18. The van der Waals surface area contributed by atoms with Gasteiger partial charge in [-0.3, -0.25) is 13.9 Å². The molecule has 0 spiro atoms. The molecule has 0 saturated heterocycles. The molecule has 10 heteroatoms. The molecule has 0 radical (unpaired) electrons. The van der Waals surface area contributed by atoms with Crippen LogP contribution in [0.15, 0.2) is 42.5 Å². The summed E-state index contributed by atoms with van der Waals surface area (Å²) >= 11 is 6.12. The van der Waals surface area contributed by atoms with Crippen LogP contribution in [-0.2, 0) is 19.6 Å². The van der Waals surface area contributed by atoms with Crippen LogP contribution in [0.5, 0.6) is 0 Å². The van der Waals surface area contributed by atoms with Gasteiger partial charge in [-0.2, -0.15) is 0 Å². The van der Waals surface area contributed by atoms with E-state index in [1.807, 2.05) is 0 Å². The predicted molar refractivity (Wildman–Crippen MR) is 122 cm³/mol. The Balaban J connectivity index is 2.16. The molecule has 0 fully saturated rings. The number of amides is 2. The second-order valence-corrected chi connectivity index (χ2v) is 9.21. The van der Waals surface area contributed by atoms with Crippen molar-refractivity contribution in [2.24, 2.45) is 0 Å². The van der Waals surface area contributed by atoms with E-state index in [9.17, 15) is 18.0 Å². The molecule has 31 heavy (non-hydrogen) atoms. The van der Waals surface area contributed by atoms with Gasteiger partial charge in [0.25, 0.3) is 5.91 Å². The monoisotopic (exact) mass is 467 g/mol. The standard InChI is InChI=1S/C21H26ClN3O5S/c1-15-9-10-16(13-18(15)22)25(31(3,28)29)14-20(26)24-19-8-5-4-7-17(19)21(27)23-11-6-12-30-2/h4-5,7-10,13H,6,11-12,14H2,1-3H3,(H,23,27)(H,24,26). The maximum atomic E-state index is 12.7. The van der Waals surface area contributed by atoms with Gasteiger partial charge in [-0.15, -0.1) is 0 Å². The number of para-hydroxylation sites is 1. The zero-order valence-electron chi connectivity index (χ0n) is 17.6. The zero-order valence-corrected chi connectivity index (χ0v) is 19.2. The molecule has 2 aromatic rings. The average molecular weight is 468 g/mol. The maximum absolute atomic E-state index is 12.7. The molecule has 2 aromatic carbocycles. The number of nitrogens with one attached hydrogen (secondary N) is 2. The van der Waals surface area contributed by atoms with E-state index in [4.69, 9.17) is 16.3 Å². The normalized spacial score (nSPS) is 11.1. The summed E-state index contributed by atoms with van der Waals surface area (Å²) in [5.74, 6) is -0.945. The second-order valence-electron chi connectivity index (χ2n) is 6.90. The van der Waals surface area contributed by atoms with Gasteiger partial charge in [0.1, 0.15) is 6.54 Å². The van der Waals surface area contributed by atoms with Crippen LogP contribution in [0.2, 0.25) is 5.02 Å². The summed E-state index contributed by atoms with van der Waals surface area (Å²) < 4.78 is 30.5. The van der Waals surface area contributed by atoms with Crippen LogP contribution in [0.25, 0.3) is 0 Å². The first kappa shape index (κ1) is 24.6. The highest BCUT2D eigenvalue weighted by Gasteiger charge is 2.22. The first-order valence-corrected chi connectivity index (χ1v) is 11.8. The van der Waals surface area contributed by atoms with E-state index in [1.165, 1.54) is 6.07 Å². The molecule has 0 atom stereocenters. The molecule has 0 bridgehead atoms. The van der Waals surface area contributed by atoms with Gasteiger partial charge in [0.05, 0.1) is 23.2 Å². The van der Waals surface area contributed by atoms with E-state index in [-0.39, 0.29) is 22.8 Å². The van der Waals surface area contributed by atoms with Crippen molar-refractivity contribution in [1.82, 2.24) is 5.32 Å². The topological polar surface area (TPSA) is 105 Å². The largest absolute Gasteiger partial charge is 0.385 e. The first-order valence-electron chi connectivity index (χ1n) is 9.53. The lowest BCUT2D eigenvalue weighted by Crippen LogP contribution is -2.37. The highest BCUT2D eigenvalue weighted by atomic mass is 35.5. The van der Waals surface area contributed by atoms with E-state index in [2.05, 4.69) is 10.6 Å². The van der Waals surface area contributed by atoms with Crippen molar-refractivity contribution in [3.8, 4) is 0 Å². The molecule has 0 unspecified atom stereocenters. The van der Waals surface area contributed by atoms with Crippen LogP contribution in [-0.4, -0.2) is 53.3 Å². The quantitative estimate of drug-likeness (QED) is 0.523. The lowest BCUT2D eigenvalue weighted by atomic mass is 10.1. The summed E-state index contributed by atoms with van der Waals surface area (Å²) in [5, 5.41) is 5.78. The van der Waals surface area contributed by atoms with Crippen molar-refractivity contribution in [2.75, 3.05) is 42.7 Å². The summed E-state index contributed by atoms with van der Waals surface area (Å²) in [6, 6.07) is 11.3. The number of sulfonamides is 1. The number of aryl methyl sites for hydroxylation is 1. The molecule has 0 saturated carbocycles. The van der Waals surface area contributed by atoms with Crippen LogP contribution in [0.1, 0.15) is 22.3 Å². The van der Waals surface area contributed by atoms with Crippen molar-refractivity contribution < 1.29 is 22.7 Å². The molecular weight excluding hydrogens is 442 g/mol. The summed E-state index contributed by atoms with van der Waals surface area (Å²) in [6.45, 7) is 2.26. The summed E-state index contributed by atoms with van der Waals surface area (Å²) in [6.07, 6.45) is 1.66. The van der Waals surface area contributed by atoms with Crippen LogP contribution in [0.4, 0.5) is 11.4 Å². The van der Waals surface area contributed by atoms with Crippen molar-refractivity contribution >= 4 is 44.8 Å². The fourth-order valence-corrected chi connectivity index (χ4v) is 3.78. The Morgan fingerprint density at radius 1 is 1.16 bits per heavy atom. The van der Waals surface area contributed by atoms with Crippen LogP contribution >= 0.6 is 11.6 Å². The van der Waals surface area contributed by atoms with Gasteiger partial charge in [-0.25, -0.2) is 8.42 Å².